The van der Waals surface area contributed by atoms with E-state index in [4.69, 9.17) is 4.74 Å². The number of rotatable bonds is 7. The molecule has 0 aliphatic rings. The van der Waals surface area contributed by atoms with Crippen LogP contribution in [0.3, 0.4) is 0 Å². The van der Waals surface area contributed by atoms with Crippen molar-refractivity contribution >= 4 is 11.9 Å². The largest absolute Gasteiger partial charge is 0.480 e. The number of carboxylic acid groups (broad SMARTS) is 1. The third-order valence-electron chi connectivity index (χ3n) is 2.60. The molecule has 1 rings (SSSR count). The second kappa shape index (κ2) is 6.36. The molecule has 1 heterocycles. The second-order valence-electron chi connectivity index (χ2n) is 4.90. The molecule has 0 aliphatic heterocycles. The number of nitrogens with one attached hydrogen (secondary N) is 1. The maximum absolute atomic E-state index is 11.3. The predicted octanol–water partition coefficient (Wildman–Crippen LogP) is 2.32. The molecule has 0 amide bonds. The van der Waals surface area contributed by atoms with Crippen molar-refractivity contribution in [1.82, 2.24) is 9.97 Å². The Balaban J connectivity index is 2.88. The number of aliphatic carboxylic acids is 1. The van der Waals surface area contributed by atoms with E-state index in [1.165, 1.54) is 0 Å². The molecule has 2 N–H and O–H groups in total. The minimum atomic E-state index is -1.08. The van der Waals surface area contributed by atoms with Crippen LogP contribution in [0.15, 0.2) is 12.3 Å². The van der Waals surface area contributed by atoms with E-state index in [9.17, 15) is 9.90 Å². The van der Waals surface area contributed by atoms with E-state index < -0.39 is 11.5 Å². The molecule has 1 unspecified atom stereocenters. The molecule has 1 aromatic heterocycles. The fourth-order valence-electron chi connectivity index (χ4n) is 1.68. The fraction of sp³-hybridized carbons (Fsp3) is 0.615. The van der Waals surface area contributed by atoms with Gasteiger partial charge in [0.05, 0.1) is 6.10 Å². The van der Waals surface area contributed by atoms with E-state index >= 15 is 0 Å². The van der Waals surface area contributed by atoms with Gasteiger partial charge in [-0.15, -0.1) is 0 Å². The maximum Gasteiger partial charge on any atom is 0.329 e. The molecule has 19 heavy (non-hydrogen) atoms. The molecule has 1 aromatic rings. The molecule has 106 valence electrons. The van der Waals surface area contributed by atoms with Crippen molar-refractivity contribution in [3.8, 4) is 5.88 Å². The summed E-state index contributed by atoms with van der Waals surface area (Å²) < 4.78 is 5.45. The number of hydrogen-bond donors (Lipinski definition) is 2. The number of ether oxygens (including phenoxy) is 1. The Morgan fingerprint density at radius 3 is 2.79 bits per heavy atom. The highest BCUT2D eigenvalue weighted by atomic mass is 16.5. The first-order valence-corrected chi connectivity index (χ1v) is 6.38. The molecule has 0 fully saturated rings. The normalized spacial score (nSPS) is 13.9. The Kier molecular flexibility index (Phi) is 5.09. The van der Waals surface area contributed by atoms with Crippen LogP contribution in [-0.2, 0) is 4.79 Å². The summed E-state index contributed by atoms with van der Waals surface area (Å²) in [4.78, 5) is 19.5. The highest BCUT2D eigenvalue weighted by molar-refractivity contribution is 5.81. The summed E-state index contributed by atoms with van der Waals surface area (Å²) in [6.45, 7) is 7.35. The van der Waals surface area contributed by atoms with Crippen molar-refractivity contribution in [2.45, 2.75) is 52.2 Å². The molecule has 1 atom stereocenters. The van der Waals surface area contributed by atoms with Crippen molar-refractivity contribution in [3.63, 3.8) is 0 Å². The summed E-state index contributed by atoms with van der Waals surface area (Å²) in [5, 5.41) is 12.2. The van der Waals surface area contributed by atoms with E-state index in [0.29, 0.717) is 12.3 Å². The molecule has 0 bridgehead atoms. The smallest absolute Gasteiger partial charge is 0.329 e. The lowest BCUT2D eigenvalue weighted by Gasteiger charge is -2.25. The first-order chi connectivity index (χ1) is 8.87. The first-order valence-electron chi connectivity index (χ1n) is 6.38. The van der Waals surface area contributed by atoms with Gasteiger partial charge in [0.1, 0.15) is 5.54 Å². The van der Waals surface area contributed by atoms with Gasteiger partial charge in [0, 0.05) is 12.3 Å². The summed E-state index contributed by atoms with van der Waals surface area (Å²) in [6, 6.07) is 1.64. The van der Waals surface area contributed by atoms with Crippen molar-refractivity contribution in [1.29, 1.82) is 0 Å². The third-order valence-corrected chi connectivity index (χ3v) is 2.60. The molecule has 6 heteroatoms. The molecule has 0 saturated heterocycles. The third kappa shape index (κ3) is 4.39. The Morgan fingerprint density at radius 2 is 2.26 bits per heavy atom. The number of aromatic nitrogens is 2. The minimum absolute atomic E-state index is 0.00393. The second-order valence-corrected chi connectivity index (χ2v) is 4.90. The molecule has 0 spiro atoms. The predicted molar refractivity (Wildman–Crippen MR) is 72.4 cm³/mol. The van der Waals surface area contributed by atoms with Crippen molar-refractivity contribution in [2.75, 3.05) is 5.32 Å². The summed E-state index contributed by atoms with van der Waals surface area (Å²) in [7, 11) is 0. The van der Waals surface area contributed by atoms with E-state index in [0.717, 1.165) is 6.42 Å². The van der Waals surface area contributed by atoms with E-state index in [1.54, 1.807) is 19.2 Å². The number of carbonyl (C=O) groups is 1. The highest BCUT2D eigenvalue weighted by Gasteiger charge is 2.32. The van der Waals surface area contributed by atoms with Gasteiger partial charge in [-0.1, -0.05) is 13.3 Å². The molecular formula is C13H21N3O3. The Hall–Kier alpha value is -1.85. The van der Waals surface area contributed by atoms with Gasteiger partial charge >= 0.3 is 5.97 Å². The molecular weight excluding hydrogens is 246 g/mol. The zero-order valence-electron chi connectivity index (χ0n) is 11.8. The maximum atomic E-state index is 11.3. The van der Waals surface area contributed by atoms with Gasteiger partial charge in [0.25, 0.3) is 0 Å². The van der Waals surface area contributed by atoms with Crippen LogP contribution in [-0.4, -0.2) is 32.7 Å². The van der Waals surface area contributed by atoms with Gasteiger partial charge in [-0.25, -0.2) is 9.78 Å². The van der Waals surface area contributed by atoms with Crippen LogP contribution in [0.5, 0.6) is 5.88 Å². The topological polar surface area (TPSA) is 84.3 Å². The number of anilines is 1. The van der Waals surface area contributed by atoms with Crippen LogP contribution in [0, 0.1) is 0 Å². The van der Waals surface area contributed by atoms with Crippen molar-refractivity contribution in [3.05, 3.63) is 12.3 Å². The Labute approximate surface area is 113 Å². The Morgan fingerprint density at radius 1 is 1.58 bits per heavy atom. The zero-order valence-corrected chi connectivity index (χ0v) is 11.8. The lowest BCUT2D eigenvalue weighted by atomic mass is 9.97. The molecule has 0 aliphatic carbocycles. The summed E-state index contributed by atoms with van der Waals surface area (Å²) in [5.74, 6) is -0.235. The van der Waals surface area contributed by atoms with Gasteiger partial charge in [0.2, 0.25) is 11.8 Å². The van der Waals surface area contributed by atoms with Crippen LogP contribution in [0.2, 0.25) is 0 Å². The number of nitrogens with zero attached hydrogens (tertiary/aromatic N) is 2. The van der Waals surface area contributed by atoms with Gasteiger partial charge in [-0.2, -0.15) is 4.98 Å². The van der Waals surface area contributed by atoms with E-state index in [2.05, 4.69) is 15.3 Å². The van der Waals surface area contributed by atoms with E-state index in [1.807, 2.05) is 20.8 Å². The standard InChI is InChI=1S/C13H21N3O3/c1-5-7-13(4,11(17)18)16-12-14-8-6-10(15-12)19-9(2)3/h6,8-9H,5,7H2,1-4H3,(H,17,18)(H,14,15,16). The monoisotopic (exact) mass is 267 g/mol. The van der Waals surface area contributed by atoms with Crippen LogP contribution < -0.4 is 10.1 Å². The van der Waals surface area contributed by atoms with E-state index in [-0.39, 0.29) is 12.1 Å². The van der Waals surface area contributed by atoms with Crippen LogP contribution >= 0.6 is 0 Å². The van der Waals surface area contributed by atoms with Crippen molar-refractivity contribution in [2.24, 2.45) is 0 Å². The van der Waals surface area contributed by atoms with Gasteiger partial charge in [-0.3, -0.25) is 0 Å². The average Bonchev–Trinajstić information content (AvgIpc) is 2.28. The number of carboxylic acids is 1. The van der Waals surface area contributed by atoms with Crippen molar-refractivity contribution < 1.29 is 14.6 Å². The molecule has 0 saturated carbocycles. The lowest BCUT2D eigenvalue weighted by Crippen LogP contribution is -2.43. The van der Waals surface area contributed by atoms with Crippen LogP contribution in [0.4, 0.5) is 5.95 Å². The SMILES string of the molecule is CCCC(C)(Nc1nccc(OC(C)C)n1)C(=O)O. The summed E-state index contributed by atoms with van der Waals surface area (Å²) in [6.07, 6.45) is 2.78. The molecule has 6 nitrogen and oxygen atoms in total. The van der Waals surface area contributed by atoms with Gasteiger partial charge < -0.3 is 15.2 Å². The summed E-state index contributed by atoms with van der Waals surface area (Å²) in [5.41, 5.74) is -1.08. The fourth-order valence-corrected chi connectivity index (χ4v) is 1.68. The Bertz CT molecular complexity index is 437. The zero-order chi connectivity index (χ0) is 14.5. The highest BCUT2D eigenvalue weighted by Crippen LogP contribution is 2.19. The van der Waals surface area contributed by atoms with Crippen LogP contribution in [0.1, 0.15) is 40.5 Å². The number of hydrogen-bond acceptors (Lipinski definition) is 5. The molecule has 0 radical (unpaired) electrons. The lowest BCUT2D eigenvalue weighted by molar-refractivity contribution is -0.142. The first kappa shape index (κ1) is 15.2. The van der Waals surface area contributed by atoms with Gasteiger partial charge in [-0.05, 0) is 27.2 Å². The summed E-state index contributed by atoms with van der Waals surface area (Å²) >= 11 is 0. The quantitative estimate of drug-likeness (QED) is 0.788. The minimum Gasteiger partial charge on any atom is -0.480 e. The average molecular weight is 267 g/mol. The van der Waals surface area contributed by atoms with Crippen LogP contribution in [0.25, 0.3) is 0 Å². The van der Waals surface area contributed by atoms with Gasteiger partial charge in [0.15, 0.2) is 0 Å². The molecule has 0 aromatic carbocycles.